The van der Waals surface area contributed by atoms with Gasteiger partial charge in [0.15, 0.2) is 0 Å². The van der Waals surface area contributed by atoms with E-state index in [1.54, 1.807) is 0 Å². The van der Waals surface area contributed by atoms with Gasteiger partial charge in [0.25, 0.3) is 0 Å². The number of rotatable bonds is 5. The maximum absolute atomic E-state index is 13.3. The molecular weight excluding hydrogens is 408 g/mol. The first-order valence-corrected chi connectivity index (χ1v) is 13.7. The molecule has 5 aliphatic carbocycles. The fourth-order valence-corrected chi connectivity index (χ4v) is 9.40. The van der Waals surface area contributed by atoms with E-state index >= 15 is 0 Å². The summed E-state index contributed by atoms with van der Waals surface area (Å²) in [7, 11) is 0. The Morgan fingerprint density at radius 1 is 0.727 bits per heavy atom. The van der Waals surface area contributed by atoms with Crippen LogP contribution >= 0.6 is 0 Å². The van der Waals surface area contributed by atoms with Gasteiger partial charge in [-0.1, -0.05) is 55.4 Å². The molecule has 5 saturated carbocycles. The molecule has 0 aromatic carbocycles. The molecule has 186 valence electrons. The van der Waals surface area contributed by atoms with Crippen LogP contribution in [0.2, 0.25) is 0 Å². The van der Waals surface area contributed by atoms with Crippen molar-refractivity contribution in [3.05, 3.63) is 0 Å². The van der Waals surface area contributed by atoms with Crippen molar-refractivity contribution in [2.45, 2.75) is 119 Å². The van der Waals surface area contributed by atoms with Crippen molar-refractivity contribution >= 4 is 11.8 Å². The van der Waals surface area contributed by atoms with Gasteiger partial charge in [0.2, 0.25) is 11.8 Å². The second-order valence-electron chi connectivity index (χ2n) is 14.9. The summed E-state index contributed by atoms with van der Waals surface area (Å²) in [5, 5.41) is 6.93. The molecule has 5 aliphatic rings. The summed E-state index contributed by atoms with van der Waals surface area (Å²) in [4.78, 5) is 26.4. The molecule has 2 N–H and O–H groups in total. The van der Waals surface area contributed by atoms with Gasteiger partial charge in [0.05, 0.1) is 0 Å². The van der Waals surface area contributed by atoms with E-state index in [4.69, 9.17) is 0 Å². The van der Waals surface area contributed by atoms with Crippen molar-refractivity contribution < 1.29 is 9.59 Å². The van der Waals surface area contributed by atoms with Crippen molar-refractivity contribution in [2.75, 3.05) is 0 Å². The summed E-state index contributed by atoms with van der Waals surface area (Å²) in [6.45, 7) is 18.8. The van der Waals surface area contributed by atoms with Crippen LogP contribution in [-0.4, -0.2) is 23.9 Å². The zero-order valence-electron chi connectivity index (χ0n) is 22.4. The number of hydrogen-bond donors (Lipinski definition) is 2. The number of carbonyl (C=O) groups is 2. The molecule has 0 saturated heterocycles. The molecule has 0 aromatic heterocycles. The van der Waals surface area contributed by atoms with Crippen molar-refractivity contribution in [3.63, 3.8) is 0 Å². The van der Waals surface area contributed by atoms with Crippen LogP contribution in [0.15, 0.2) is 0 Å². The van der Waals surface area contributed by atoms with Crippen LogP contribution in [0, 0.1) is 50.7 Å². The van der Waals surface area contributed by atoms with Crippen LogP contribution in [0.4, 0.5) is 0 Å². The standard InChI is InChI=1S/C29H48N2O2/c1-25(2)19(16-23(32)30-21-14-17-9-11-28(21,7)26(17,3)4)13-20(25)24(33)31-22-15-18-10-12-29(22,8)27(18,5)6/h17-22H,9-16H2,1-8H3,(H,30,32)(H,31,33)/t17-,18-,19-,20+,21+,22+,28+,29-/m0/s1. The van der Waals surface area contributed by atoms with Crippen molar-refractivity contribution in [3.8, 4) is 0 Å². The maximum atomic E-state index is 13.3. The zero-order chi connectivity index (χ0) is 24.2. The van der Waals surface area contributed by atoms with Crippen LogP contribution < -0.4 is 10.6 Å². The van der Waals surface area contributed by atoms with E-state index in [1.165, 1.54) is 25.7 Å². The first-order chi connectivity index (χ1) is 15.1. The summed E-state index contributed by atoms with van der Waals surface area (Å²) in [5.74, 6) is 2.22. The Morgan fingerprint density at radius 2 is 1.21 bits per heavy atom. The van der Waals surface area contributed by atoms with Crippen LogP contribution in [0.25, 0.3) is 0 Å². The van der Waals surface area contributed by atoms with Gasteiger partial charge in [-0.3, -0.25) is 9.59 Å². The molecule has 33 heavy (non-hydrogen) atoms. The maximum Gasteiger partial charge on any atom is 0.223 e. The molecular formula is C29H48N2O2. The highest BCUT2D eigenvalue weighted by molar-refractivity contribution is 5.82. The number of hydrogen-bond acceptors (Lipinski definition) is 2. The molecule has 0 unspecified atom stereocenters. The van der Waals surface area contributed by atoms with Gasteiger partial charge in [-0.2, -0.15) is 0 Å². The molecule has 0 aromatic rings. The third kappa shape index (κ3) is 3.00. The Labute approximate surface area is 201 Å². The van der Waals surface area contributed by atoms with Crippen LogP contribution in [0.5, 0.6) is 0 Å². The average molecular weight is 457 g/mol. The minimum atomic E-state index is -0.118. The summed E-state index contributed by atoms with van der Waals surface area (Å²) < 4.78 is 0. The Bertz CT molecular complexity index is 860. The second-order valence-corrected chi connectivity index (χ2v) is 14.9. The van der Waals surface area contributed by atoms with Gasteiger partial charge in [-0.05, 0) is 89.8 Å². The minimum absolute atomic E-state index is 0.0279. The lowest BCUT2D eigenvalue weighted by Gasteiger charge is -2.52. The Kier molecular flexibility index (Phi) is 5.02. The van der Waals surface area contributed by atoms with E-state index in [0.717, 1.165) is 31.1 Å². The van der Waals surface area contributed by atoms with E-state index in [2.05, 4.69) is 66.0 Å². The third-order valence-electron chi connectivity index (χ3n) is 13.5. The van der Waals surface area contributed by atoms with Gasteiger partial charge >= 0.3 is 0 Å². The van der Waals surface area contributed by atoms with Crippen LogP contribution in [0.1, 0.15) is 107 Å². The van der Waals surface area contributed by atoms with Gasteiger partial charge in [-0.15, -0.1) is 0 Å². The summed E-state index contributed by atoms with van der Waals surface area (Å²) in [6.07, 6.45) is 8.73. The Balaban J connectivity index is 1.16. The Morgan fingerprint density at radius 3 is 1.61 bits per heavy atom. The highest BCUT2D eigenvalue weighted by Crippen LogP contribution is 2.66. The van der Waals surface area contributed by atoms with E-state index in [-0.39, 0.29) is 34.0 Å². The lowest BCUT2D eigenvalue weighted by Crippen LogP contribution is -2.57. The number of amides is 2. The molecule has 5 rings (SSSR count). The molecule has 4 heteroatoms. The molecule has 8 atom stereocenters. The summed E-state index contributed by atoms with van der Waals surface area (Å²) in [6, 6.07) is 0.613. The molecule has 0 spiro atoms. The van der Waals surface area contributed by atoms with E-state index in [0.29, 0.717) is 35.3 Å². The van der Waals surface area contributed by atoms with E-state index in [1.807, 2.05) is 0 Å². The minimum Gasteiger partial charge on any atom is -0.353 e. The van der Waals surface area contributed by atoms with Gasteiger partial charge in [0, 0.05) is 24.4 Å². The van der Waals surface area contributed by atoms with E-state index in [9.17, 15) is 9.59 Å². The van der Waals surface area contributed by atoms with Crippen molar-refractivity contribution in [1.82, 2.24) is 10.6 Å². The fraction of sp³-hybridized carbons (Fsp3) is 0.931. The highest BCUT2D eigenvalue weighted by Gasteiger charge is 2.63. The van der Waals surface area contributed by atoms with Crippen LogP contribution in [0.3, 0.4) is 0 Å². The largest absolute Gasteiger partial charge is 0.353 e. The van der Waals surface area contributed by atoms with E-state index < -0.39 is 0 Å². The third-order valence-corrected chi connectivity index (χ3v) is 13.5. The zero-order valence-corrected chi connectivity index (χ0v) is 22.4. The molecule has 0 radical (unpaired) electrons. The monoisotopic (exact) mass is 456 g/mol. The Hall–Kier alpha value is -1.06. The molecule has 0 aliphatic heterocycles. The van der Waals surface area contributed by atoms with Crippen molar-refractivity contribution in [1.29, 1.82) is 0 Å². The quantitative estimate of drug-likeness (QED) is 0.557. The molecule has 4 nitrogen and oxygen atoms in total. The lowest BCUT2D eigenvalue weighted by atomic mass is 9.53. The SMILES string of the molecule is CC1(C)[C@H](CC(=O)N[C@@H]2C[C@@H]3CC[C@@]2(C)C3(C)C)C[C@@H]1C(=O)N[C@@H]1C[C@@H]2CC[C@]1(C)C2(C)C. The van der Waals surface area contributed by atoms with Crippen molar-refractivity contribution in [2.24, 2.45) is 50.7 Å². The average Bonchev–Trinajstić information content (AvgIpc) is 3.22. The number of fused-ring (bicyclic) bond motifs is 4. The molecule has 0 heterocycles. The summed E-state index contributed by atoms with van der Waals surface area (Å²) >= 11 is 0. The molecule has 5 fully saturated rings. The number of nitrogens with one attached hydrogen (secondary N) is 2. The predicted molar refractivity (Wildman–Crippen MR) is 132 cm³/mol. The van der Waals surface area contributed by atoms with Gasteiger partial charge < -0.3 is 10.6 Å². The first kappa shape index (κ1) is 23.7. The fourth-order valence-electron chi connectivity index (χ4n) is 9.40. The number of carbonyl (C=O) groups excluding carboxylic acids is 2. The highest BCUT2D eigenvalue weighted by atomic mass is 16.2. The van der Waals surface area contributed by atoms with Gasteiger partial charge in [0.1, 0.15) is 0 Å². The first-order valence-electron chi connectivity index (χ1n) is 13.7. The molecule has 2 amide bonds. The summed E-state index contributed by atoms with van der Waals surface area (Å²) in [5.41, 5.74) is 0.939. The normalized spacial score (nSPS) is 47.9. The lowest BCUT2D eigenvalue weighted by molar-refractivity contribution is -0.146. The topological polar surface area (TPSA) is 58.2 Å². The molecule has 4 bridgehead atoms. The smallest absolute Gasteiger partial charge is 0.223 e. The predicted octanol–water partition coefficient (Wildman–Crippen LogP) is 5.70. The van der Waals surface area contributed by atoms with Gasteiger partial charge in [-0.25, -0.2) is 0 Å². The second kappa shape index (κ2) is 7.00. The van der Waals surface area contributed by atoms with Crippen LogP contribution in [-0.2, 0) is 9.59 Å².